The highest BCUT2D eigenvalue weighted by Crippen LogP contribution is 2.21. The molecule has 0 aliphatic heterocycles. The molecule has 3 nitrogen and oxygen atoms in total. The van der Waals surface area contributed by atoms with Crippen LogP contribution < -0.4 is 11.5 Å². The van der Waals surface area contributed by atoms with Crippen LogP contribution in [0.25, 0.3) is 0 Å². The maximum absolute atomic E-state index is 6.09. The van der Waals surface area contributed by atoms with E-state index in [0.717, 1.165) is 30.2 Å². The van der Waals surface area contributed by atoms with E-state index in [1.165, 1.54) is 0 Å². The van der Waals surface area contributed by atoms with Gasteiger partial charge in [0, 0.05) is 42.8 Å². The van der Waals surface area contributed by atoms with Crippen LogP contribution in [0.1, 0.15) is 5.56 Å². The summed E-state index contributed by atoms with van der Waals surface area (Å²) in [4.78, 5) is 2.16. The van der Waals surface area contributed by atoms with Crippen molar-refractivity contribution in [2.45, 2.75) is 6.54 Å². The third-order valence-electron chi connectivity index (χ3n) is 2.29. The molecule has 5 heteroatoms. The molecule has 0 saturated heterocycles. The molecule has 0 heterocycles. The standard InChI is InChI=1S/C11H17Cl2N3/c12-10-1-2-11(13)9(7-10)8-16(5-3-14)6-4-15/h1-2,7H,3-6,8,14-15H2. The van der Waals surface area contributed by atoms with E-state index in [1.807, 2.05) is 12.1 Å². The van der Waals surface area contributed by atoms with Gasteiger partial charge in [-0.15, -0.1) is 0 Å². The average Bonchev–Trinajstić information content (AvgIpc) is 2.24. The van der Waals surface area contributed by atoms with Gasteiger partial charge in [0.05, 0.1) is 0 Å². The molecule has 0 bridgehead atoms. The number of rotatable bonds is 6. The van der Waals surface area contributed by atoms with Gasteiger partial charge in [-0.05, 0) is 23.8 Å². The fraction of sp³-hybridized carbons (Fsp3) is 0.455. The van der Waals surface area contributed by atoms with E-state index in [2.05, 4.69) is 4.90 Å². The Morgan fingerprint density at radius 3 is 2.25 bits per heavy atom. The lowest BCUT2D eigenvalue weighted by Crippen LogP contribution is -2.33. The van der Waals surface area contributed by atoms with Gasteiger partial charge in [0.1, 0.15) is 0 Å². The number of halogens is 2. The molecular formula is C11H17Cl2N3. The molecule has 0 spiro atoms. The number of benzene rings is 1. The SMILES string of the molecule is NCCN(CCN)Cc1cc(Cl)ccc1Cl. The molecule has 0 saturated carbocycles. The van der Waals surface area contributed by atoms with Crippen LogP contribution in [0.5, 0.6) is 0 Å². The zero-order valence-corrected chi connectivity index (χ0v) is 10.6. The summed E-state index contributed by atoms with van der Waals surface area (Å²) in [6, 6.07) is 5.47. The Hall–Kier alpha value is -0.320. The van der Waals surface area contributed by atoms with Crippen LogP contribution in [0.4, 0.5) is 0 Å². The normalized spacial score (nSPS) is 11.1. The molecular weight excluding hydrogens is 245 g/mol. The van der Waals surface area contributed by atoms with Crippen molar-refractivity contribution in [2.75, 3.05) is 26.2 Å². The van der Waals surface area contributed by atoms with Gasteiger partial charge in [-0.25, -0.2) is 0 Å². The number of hydrogen-bond acceptors (Lipinski definition) is 3. The largest absolute Gasteiger partial charge is 0.329 e. The Kier molecular flexibility index (Phi) is 6.09. The molecule has 0 aliphatic rings. The summed E-state index contributed by atoms with van der Waals surface area (Å²) in [5.74, 6) is 0. The highest BCUT2D eigenvalue weighted by atomic mass is 35.5. The zero-order valence-electron chi connectivity index (χ0n) is 9.13. The summed E-state index contributed by atoms with van der Waals surface area (Å²) in [6.07, 6.45) is 0. The van der Waals surface area contributed by atoms with E-state index >= 15 is 0 Å². The van der Waals surface area contributed by atoms with Gasteiger partial charge < -0.3 is 11.5 Å². The fourth-order valence-electron chi connectivity index (χ4n) is 1.54. The quantitative estimate of drug-likeness (QED) is 0.820. The zero-order chi connectivity index (χ0) is 12.0. The average molecular weight is 262 g/mol. The molecule has 4 N–H and O–H groups in total. The lowest BCUT2D eigenvalue weighted by molar-refractivity contribution is 0.281. The van der Waals surface area contributed by atoms with Crippen LogP contribution in [0.3, 0.4) is 0 Å². The topological polar surface area (TPSA) is 55.3 Å². The van der Waals surface area contributed by atoms with E-state index in [4.69, 9.17) is 34.7 Å². The summed E-state index contributed by atoms with van der Waals surface area (Å²) in [7, 11) is 0. The first-order valence-electron chi connectivity index (χ1n) is 5.23. The monoisotopic (exact) mass is 261 g/mol. The van der Waals surface area contributed by atoms with E-state index < -0.39 is 0 Å². The van der Waals surface area contributed by atoms with Crippen molar-refractivity contribution in [1.82, 2.24) is 4.90 Å². The van der Waals surface area contributed by atoms with Crippen molar-refractivity contribution >= 4 is 23.2 Å². The van der Waals surface area contributed by atoms with Gasteiger partial charge in [0.25, 0.3) is 0 Å². The van der Waals surface area contributed by atoms with Crippen LogP contribution >= 0.6 is 23.2 Å². The second-order valence-electron chi connectivity index (χ2n) is 3.59. The molecule has 0 fully saturated rings. The Morgan fingerprint density at radius 2 is 1.69 bits per heavy atom. The molecule has 90 valence electrons. The molecule has 0 radical (unpaired) electrons. The Morgan fingerprint density at radius 1 is 1.06 bits per heavy atom. The predicted octanol–water partition coefficient (Wildman–Crippen LogP) is 1.71. The minimum absolute atomic E-state index is 0.609. The highest BCUT2D eigenvalue weighted by molar-refractivity contribution is 6.33. The molecule has 1 rings (SSSR count). The van der Waals surface area contributed by atoms with E-state index in [0.29, 0.717) is 18.1 Å². The third kappa shape index (κ3) is 4.28. The molecule has 0 aliphatic carbocycles. The highest BCUT2D eigenvalue weighted by Gasteiger charge is 2.07. The Labute approximate surface area is 106 Å². The summed E-state index contributed by atoms with van der Waals surface area (Å²) < 4.78 is 0. The molecule has 0 aromatic heterocycles. The summed E-state index contributed by atoms with van der Waals surface area (Å²) in [5, 5.41) is 1.42. The van der Waals surface area contributed by atoms with Gasteiger partial charge in [-0.2, -0.15) is 0 Å². The predicted molar refractivity (Wildman–Crippen MR) is 69.8 cm³/mol. The van der Waals surface area contributed by atoms with Crippen LogP contribution in [-0.2, 0) is 6.54 Å². The fourth-order valence-corrected chi connectivity index (χ4v) is 1.91. The second kappa shape index (κ2) is 7.09. The smallest absolute Gasteiger partial charge is 0.0452 e. The van der Waals surface area contributed by atoms with Crippen LogP contribution in [0, 0.1) is 0 Å². The van der Waals surface area contributed by atoms with Gasteiger partial charge in [-0.1, -0.05) is 23.2 Å². The van der Waals surface area contributed by atoms with Crippen LogP contribution in [0.15, 0.2) is 18.2 Å². The molecule has 16 heavy (non-hydrogen) atoms. The Bertz CT molecular complexity index is 325. The molecule has 1 aromatic carbocycles. The van der Waals surface area contributed by atoms with E-state index in [9.17, 15) is 0 Å². The lowest BCUT2D eigenvalue weighted by Gasteiger charge is -2.21. The van der Waals surface area contributed by atoms with Crippen LogP contribution in [0.2, 0.25) is 10.0 Å². The first-order chi connectivity index (χ1) is 7.67. The minimum Gasteiger partial charge on any atom is -0.329 e. The Balaban J connectivity index is 2.71. The van der Waals surface area contributed by atoms with Crippen LogP contribution in [-0.4, -0.2) is 31.1 Å². The number of nitrogens with zero attached hydrogens (tertiary/aromatic N) is 1. The number of nitrogens with two attached hydrogens (primary N) is 2. The van der Waals surface area contributed by atoms with Gasteiger partial charge in [0.2, 0.25) is 0 Å². The molecule has 0 unspecified atom stereocenters. The first-order valence-corrected chi connectivity index (χ1v) is 5.99. The first kappa shape index (κ1) is 13.7. The van der Waals surface area contributed by atoms with E-state index in [1.54, 1.807) is 6.07 Å². The number of hydrogen-bond donors (Lipinski definition) is 2. The maximum Gasteiger partial charge on any atom is 0.0452 e. The second-order valence-corrected chi connectivity index (χ2v) is 4.43. The van der Waals surface area contributed by atoms with Crippen molar-refractivity contribution in [3.8, 4) is 0 Å². The molecule has 0 atom stereocenters. The van der Waals surface area contributed by atoms with Crippen molar-refractivity contribution in [2.24, 2.45) is 11.5 Å². The van der Waals surface area contributed by atoms with Crippen molar-refractivity contribution < 1.29 is 0 Å². The summed E-state index contributed by atoms with van der Waals surface area (Å²) in [5.41, 5.74) is 12.1. The summed E-state index contributed by atoms with van der Waals surface area (Å²) in [6.45, 7) is 3.56. The van der Waals surface area contributed by atoms with Gasteiger partial charge >= 0.3 is 0 Å². The lowest BCUT2D eigenvalue weighted by atomic mass is 10.2. The van der Waals surface area contributed by atoms with Gasteiger partial charge in [-0.3, -0.25) is 4.90 Å². The van der Waals surface area contributed by atoms with Crippen molar-refractivity contribution in [1.29, 1.82) is 0 Å². The summed E-state index contributed by atoms with van der Waals surface area (Å²) >= 11 is 12.0. The van der Waals surface area contributed by atoms with Crippen molar-refractivity contribution in [3.05, 3.63) is 33.8 Å². The minimum atomic E-state index is 0.609. The van der Waals surface area contributed by atoms with Crippen molar-refractivity contribution in [3.63, 3.8) is 0 Å². The van der Waals surface area contributed by atoms with E-state index in [-0.39, 0.29) is 0 Å². The molecule has 1 aromatic rings. The third-order valence-corrected chi connectivity index (χ3v) is 2.90. The van der Waals surface area contributed by atoms with Gasteiger partial charge in [0.15, 0.2) is 0 Å². The maximum atomic E-state index is 6.09. The molecule has 0 amide bonds.